The number of hydrogen-bond donors (Lipinski definition) is 6. The molecule has 0 aromatic heterocycles. The van der Waals surface area contributed by atoms with Crippen molar-refractivity contribution in [3.05, 3.63) is 12.2 Å². The molecule has 0 aliphatic rings. The number of rotatable bonds is 17. The summed E-state index contributed by atoms with van der Waals surface area (Å²) in [6.45, 7) is 2.13. The Morgan fingerprint density at radius 1 is 0.929 bits per heavy atom. The lowest BCUT2D eigenvalue weighted by Gasteiger charge is -2.11. The lowest BCUT2D eigenvalue weighted by atomic mass is 10.0. The van der Waals surface area contributed by atoms with E-state index in [2.05, 4.69) is 6.92 Å². The minimum Gasteiger partial charge on any atom is -0.395 e. The molecule has 8 heteroatoms. The maximum absolute atomic E-state index is 9.85. The van der Waals surface area contributed by atoms with E-state index in [1.165, 1.54) is 70.6 Å². The third-order valence-electron chi connectivity index (χ3n) is 4.38. The highest BCUT2D eigenvalue weighted by Gasteiger charge is 2.09. The van der Waals surface area contributed by atoms with Gasteiger partial charge in [0.25, 0.3) is 0 Å². The van der Waals surface area contributed by atoms with Crippen LogP contribution in [0.15, 0.2) is 12.2 Å². The molecule has 7 nitrogen and oxygen atoms in total. The van der Waals surface area contributed by atoms with Crippen molar-refractivity contribution in [1.29, 1.82) is 0 Å². The molecule has 0 aromatic rings. The number of aliphatic hydroxyl groups excluding tert-OH is 2. The molecule has 0 fully saturated rings. The fraction of sp³-hybridized carbons (Fsp3) is 0.900. The minimum atomic E-state index is -3.79. The zero-order chi connectivity index (χ0) is 21.7. The number of hydrogen-bond acceptors (Lipinski definition) is 5. The van der Waals surface area contributed by atoms with Gasteiger partial charge in [0.05, 0.1) is 24.9 Å². The maximum Gasteiger partial charge on any atom is 0.326 e. The highest BCUT2D eigenvalue weighted by molar-refractivity contribution is 7.51. The van der Waals surface area contributed by atoms with Gasteiger partial charge in [-0.1, -0.05) is 83.3 Å². The molecule has 0 amide bonds. The van der Waals surface area contributed by atoms with Crippen LogP contribution in [0.25, 0.3) is 0 Å². The Morgan fingerprint density at radius 3 is 1.75 bits per heavy atom. The Labute approximate surface area is 171 Å². The number of allylic oxidation sites excluding steroid dienone is 1. The Hall–Kier alpha value is -0.270. The van der Waals surface area contributed by atoms with Crippen molar-refractivity contribution in [2.24, 2.45) is 11.5 Å². The summed E-state index contributed by atoms with van der Waals surface area (Å²) in [5.74, 6) is 0. The topological polar surface area (TPSA) is 150 Å². The van der Waals surface area contributed by atoms with E-state index in [0.717, 1.165) is 6.42 Å². The average Bonchev–Trinajstić information content (AvgIpc) is 2.64. The van der Waals surface area contributed by atoms with E-state index < -0.39 is 19.7 Å². The van der Waals surface area contributed by atoms with Gasteiger partial charge in [-0.2, -0.15) is 0 Å². The van der Waals surface area contributed by atoms with E-state index in [0.29, 0.717) is 0 Å². The summed E-state index contributed by atoms with van der Waals surface area (Å²) in [6.07, 6.45) is 18.6. The second-order valence-electron chi connectivity index (χ2n) is 7.27. The smallest absolute Gasteiger partial charge is 0.326 e. The van der Waals surface area contributed by atoms with Crippen molar-refractivity contribution in [3.63, 3.8) is 0 Å². The van der Waals surface area contributed by atoms with Gasteiger partial charge in [-0.3, -0.25) is 4.57 Å². The predicted molar refractivity (Wildman–Crippen MR) is 117 cm³/mol. The van der Waals surface area contributed by atoms with Gasteiger partial charge in [0, 0.05) is 6.54 Å². The van der Waals surface area contributed by atoms with E-state index in [-0.39, 0.29) is 19.3 Å². The van der Waals surface area contributed by atoms with E-state index in [9.17, 15) is 9.67 Å². The van der Waals surface area contributed by atoms with Gasteiger partial charge < -0.3 is 31.5 Å². The van der Waals surface area contributed by atoms with Crippen molar-refractivity contribution < 1.29 is 24.6 Å². The van der Waals surface area contributed by atoms with Gasteiger partial charge in [0.2, 0.25) is 0 Å². The predicted octanol–water partition coefficient (Wildman–Crippen LogP) is 3.05. The van der Waals surface area contributed by atoms with Gasteiger partial charge >= 0.3 is 7.60 Å². The first-order valence-corrected chi connectivity index (χ1v) is 12.5. The van der Waals surface area contributed by atoms with Gasteiger partial charge in [0.15, 0.2) is 0 Å². The van der Waals surface area contributed by atoms with Crippen LogP contribution in [0.1, 0.15) is 84.0 Å². The molecule has 0 aliphatic heterocycles. The fourth-order valence-corrected chi connectivity index (χ4v) is 2.92. The van der Waals surface area contributed by atoms with Crippen LogP contribution in [0, 0.1) is 0 Å². The molecule has 0 aliphatic carbocycles. The highest BCUT2D eigenvalue weighted by Crippen LogP contribution is 2.32. The van der Waals surface area contributed by atoms with Crippen molar-refractivity contribution in [3.8, 4) is 0 Å². The third kappa shape index (κ3) is 25.7. The van der Waals surface area contributed by atoms with E-state index in [1.54, 1.807) is 6.08 Å². The van der Waals surface area contributed by atoms with E-state index in [1.807, 2.05) is 6.08 Å². The molecule has 2 atom stereocenters. The van der Waals surface area contributed by atoms with Crippen LogP contribution < -0.4 is 11.5 Å². The molecular formula is C20H45N2O5P. The van der Waals surface area contributed by atoms with Crippen molar-refractivity contribution in [1.82, 2.24) is 0 Å². The SMILES string of the molecule is CCCCCCCCCCCCC/C=C/[C@@H](O)[C@@H](N)CO.NCCP(=O)(O)O. The summed E-state index contributed by atoms with van der Waals surface area (Å²) in [4.78, 5) is 16.1. The first kappa shape index (κ1) is 29.9. The molecule has 0 spiro atoms. The molecule has 28 heavy (non-hydrogen) atoms. The first-order valence-electron chi connectivity index (χ1n) is 10.7. The molecule has 0 saturated carbocycles. The zero-order valence-electron chi connectivity index (χ0n) is 17.7. The van der Waals surface area contributed by atoms with Gasteiger partial charge in [0.1, 0.15) is 0 Å². The maximum atomic E-state index is 9.85. The van der Waals surface area contributed by atoms with Crippen molar-refractivity contribution in [2.45, 2.75) is 96.1 Å². The van der Waals surface area contributed by atoms with E-state index >= 15 is 0 Å². The van der Waals surface area contributed by atoms with Gasteiger partial charge in [-0.05, 0) is 12.8 Å². The molecule has 0 heterocycles. The molecular weight excluding hydrogens is 379 g/mol. The zero-order valence-corrected chi connectivity index (χ0v) is 18.6. The second kappa shape index (κ2) is 21.4. The van der Waals surface area contributed by atoms with Crippen LogP contribution in [0.4, 0.5) is 0 Å². The molecule has 0 aromatic carbocycles. The lowest BCUT2D eigenvalue weighted by Crippen LogP contribution is -2.36. The Balaban J connectivity index is 0. The van der Waals surface area contributed by atoms with Gasteiger partial charge in [-0.25, -0.2) is 0 Å². The minimum absolute atomic E-state index is 0.0459. The van der Waals surface area contributed by atoms with Crippen LogP contribution in [-0.2, 0) is 4.57 Å². The monoisotopic (exact) mass is 424 g/mol. The van der Waals surface area contributed by atoms with Crippen LogP contribution in [0.3, 0.4) is 0 Å². The van der Waals surface area contributed by atoms with Crippen LogP contribution in [0.5, 0.6) is 0 Å². The summed E-state index contributed by atoms with van der Waals surface area (Å²) in [5, 5.41) is 18.3. The Morgan fingerprint density at radius 2 is 1.39 bits per heavy atom. The summed E-state index contributed by atoms with van der Waals surface area (Å²) >= 11 is 0. The third-order valence-corrected chi connectivity index (χ3v) is 5.22. The number of unbranched alkanes of at least 4 members (excludes halogenated alkanes) is 11. The van der Waals surface area contributed by atoms with Crippen LogP contribution in [-0.4, -0.2) is 51.5 Å². The Bertz CT molecular complexity index is 391. The molecule has 170 valence electrons. The first-order chi connectivity index (χ1) is 13.3. The summed E-state index contributed by atoms with van der Waals surface area (Å²) in [6, 6.07) is -0.557. The van der Waals surface area contributed by atoms with Crippen molar-refractivity contribution in [2.75, 3.05) is 19.3 Å². The summed E-state index contributed by atoms with van der Waals surface area (Å²) in [5.41, 5.74) is 10.3. The standard InChI is InChI=1S/C18H37NO2.C2H8NO3P/c1-2-3-4-5-6-7-8-9-10-11-12-13-14-15-18(21)17(19)16-20;3-1-2-7(4,5)6/h14-15,17-18,20-21H,2-13,16,19H2,1H3;1-3H2,(H2,4,5,6)/b15-14+;/t17-,18+;/m0./s1. The van der Waals surface area contributed by atoms with E-state index in [4.69, 9.17) is 26.4 Å². The molecule has 0 radical (unpaired) electrons. The normalized spacial score (nSPS) is 14.0. The van der Waals surface area contributed by atoms with Crippen molar-refractivity contribution >= 4 is 7.60 Å². The molecule has 0 unspecified atom stereocenters. The summed E-state index contributed by atoms with van der Waals surface area (Å²) in [7, 11) is -3.79. The highest BCUT2D eigenvalue weighted by atomic mass is 31.2. The fourth-order valence-electron chi connectivity index (χ4n) is 2.58. The molecule has 0 rings (SSSR count). The molecule has 0 bridgehead atoms. The molecule has 8 N–H and O–H groups in total. The number of nitrogens with two attached hydrogens (primary N) is 2. The van der Waals surface area contributed by atoms with Crippen LogP contribution >= 0.6 is 7.60 Å². The average molecular weight is 425 g/mol. The second-order valence-corrected chi connectivity index (χ2v) is 9.04. The quantitative estimate of drug-likeness (QED) is 0.119. The Kier molecular flexibility index (Phi) is 22.9. The molecule has 0 saturated heterocycles. The van der Waals surface area contributed by atoms with Crippen LogP contribution in [0.2, 0.25) is 0 Å². The largest absolute Gasteiger partial charge is 0.395 e. The summed E-state index contributed by atoms with van der Waals surface area (Å²) < 4.78 is 9.85. The number of aliphatic hydroxyl groups is 2. The lowest BCUT2D eigenvalue weighted by molar-refractivity contribution is 0.144. The van der Waals surface area contributed by atoms with Gasteiger partial charge in [-0.15, -0.1) is 0 Å².